The summed E-state index contributed by atoms with van der Waals surface area (Å²) in [5.41, 5.74) is 2.08. The molecule has 4 heteroatoms. The predicted octanol–water partition coefficient (Wildman–Crippen LogP) is 1.79. The normalized spacial score (nSPS) is 14.4. The molecule has 0 aliphatic heterocycles. The Morgan fingerprint density at radius 2 is 2.21 bits per heavy atom. The van der Waals surface area contributed by atoms with Crippen molar-refractivity contribution in [3.63, 3.8) is 0 Å². The van der Waals surface area contributed by atoms with E-state index in [4.69, 9.17) is 0 Å². The van der Waals surface area contributed by atoms with E-state index in [-0.39, 0.29) is 11.7 Å². The highest BCUT2D eigenvalue weighted by Gasteiger charge is 2.21. The molecule has 1 fully saturated rings. The van der Waals surface area contributed by atoms with E-state index in [1.54, 1.807) is 6.07 Å². The van der Waals surface area contributed by atoms with Crippen LogP contribution < -0.4 is 10.6 Å². The molecule has 3 nitrogen and oxygen atoms in total. The highest BCUT2D eigenvalue weighted by molar-refractivity contribution is 5.77. The van der Waals surface area contributed by atoms with Gasteiger partial charge in [-0.05, 0) is 61.9 Å². The molecule has 0 unspecified atom stereocenters. The largest absolute Gasteiger partial charge is 0.355 e. The van der Waals surface area contributed by atoms with Gasteiger partial charge >= 0.3 is 0 Å². The fraction of sp³-hybridized carbons (Fsp3) is 0.533. The first-order chi connectivity index (χ1) is 9.15. The molecule has 2 N–H and O–H groups in total. The average Bonchev–Trinajstić information content (AvgIpc) is 3.18. The first-order valence-electron chi connectivity index (χ1n) is 6.87. The molecule has 0 bridgehead atoms. The minimum Gasteiger partial charge on any atom is -0.355 e. The van der Waals surface area contributed by atoms with Gasteiger partial charge in [0.1, 0.15) is 5.82 Å². The lowest BCUT2D eigenvalue weighted by atomic mass is 10.1. The Morgan fingerprint density at radius 3 is 2.89 bits per heavy atom. The van der Waals surface area contributed by atoms with Crippen molar-refractivity contribution in [2.75, 3.05) is 19.6 Å². The lowest BCUT2D eigenvalue weighted by Gasteiger charge is -2.08. The fourth-order valence-electron chi connectivity index (χ4n) is 2.01. The monoisotopic (exact) mass is 264 g/mol. The van der Waals surface area contributed by atoms with Gasteiger partial charge in [0.15, 0.2) is 0 Å². The number of benzene rings is 1. The molecule has 1 saturated carbocycles. The van der Waals surface area contributed by atoms with E-state index in [1.807, 2.05) is 6.92 Å². The molecular weight excluding hydrogens is 243 g/mol. The first-order valence-corrected chi connectivity index (χ1v) is 6.87. The summed E-state index contributed by atoms with van der Waals surface area (Å²) in [6, 6.07) is 4.82. The molecule has 1 aliphatic carbocycles. The maximum Gasteiger partial charge on any atom is 0.233 e. The Hall–Kier alpha value is -1.42. The molecule has 1 amide bonds. The molecule has 0 heterocycles. The summed E-state index contributed by atoms with van der Waals surface area (Å²) in [7, 11) is 0. The van der Waals surface area contributed by atoms with Crippen LogP contribution in [0.4, 0.5) is 4.39 Å². The molecule has 104 valence electrons. The molecule has 2 rings (SSSR count). The summed E-state index contributed by atoms with van der Waals surface area (Å²) in [5.74, 6) is 0.571. The third-order valence-corrected chi connectivity index (χ3v) is 3.45. The van der Waals surface area contributed by atoms with Gasteiger partial charge in [-0.25, -0.2) is 4.39 Å². The Morgan fingerprint density at radius 1 is 1.42 bits per heavy atom. The second-order valence-electron chi connectivity index (χ2n) is 5.25. The van der Waals surface area contributed by atoms with Gasteiger partial charge in [0.25, 0.3) is 0 Å². The van der Waals surface area contributed by atoms with E-state index in [9.17, 15) is 9.18 Å². The van der Waals surface area contributed by atoms with Gasteiger partial charge in [-0.2, -0.15) is 0 Å². The maximum absolute atomic E-state index is 12.9. The zero-order valence-electron chi connectivity index (χ0n) is 11.3. The Kier molecular flexibility index (Phi) is 4.91. The number of carbonyl (C=O) groups excluding carboxylic acids is 1. The van der Waals surface area contributed by atoms with Gasteiger partial charge in [0, 0.05) is 6.54 Å². The quantitative estimate of drug-likeness (QED) is 0.737. The second kappa shape index (κ2) is 6.66. The number of hydrogen-bond acceptors (Lipinski definition) is 2. The molecule has 1 aliphatic rings. The third-order valence-electron chi connectivity index (χ3n) is 3.45. The van der Waals surface area contributed by atoms with E-state index in [0.717, 1.165) is 30.6 Å². The topological polar surface area (TPSA) is 41.1 Å². The molecule has 0 radical (unpaired) electrons. The lowest BCUT2D eigenvalue weighted by Crippen LogP contribution is -2.35. The van der Waals surface area contributed by atoms with Gasteiger partial charge in [-0.15, -0.1) is 0 Å². The third kappa shape index (κ3) is 4.99. The Balaban J connectivity index is 1.61. The van der Waals surface area contributed by atoms with E-state index < -0.39 is 0 Å². The van der Waals surface area contributed by atoms with Crippen LogP contribution in [0.25, 0.3) is 0 Å². The summed E-state index contributed by atoms with van der Waals surface area (Å²) in [6.45, 7) is 3.80. The van der Waals surface area contributed by atoms with Crippen LogP contribution in [0.2, 0.25) is 0 Å². The van der Waals surface area contributed by atoms with Crippen molar-refractivity contribution in [3.8, 4) is 0 Å². The van der Waals surface area contributed by atoms with Crippen LogP contribution >= 0.6 is 0 Å². The van der Waals surface area contributed by atoms with Crippen LogP contribution in [0.1, 0.15) is 24.0 Å². The van der Waals surface area contributed by atoms with Crippen molar-refractivity contribution in [3.05, 3.63) is 35.1 Å². The highest BCUT2D eigenvalue weighted by Crippen LogP contribution is 2.27. The molecule has 0 atom stereocenters. The summed E-state index contributed by atoms with van der Waals surface area (Å²) in [6.07, 6.45) is 3.30. The second-order valence-corrected chi connectivity index (χ2v) is 5.25. The first kappa shape index (κ1) is 14.0. The molecule has 19 heavy (non-hydrogen) atoms. The number of carbonyl (C=O) groups is 1. The summed E-state index contributed by atoms with van der Waals surface area (Å²) >= 11 is 0. The average molecular weight is 264 g/mol. The predicted molar refractivity (Wildman–Crippen MR) is 73.4 cm³/mol. The minimum absolute atomic E-state index is 0.0581. The Bertz CT molecular complexity index is 444. The van der Waals surface area contributed by atoms with Crippen molar-refractivity contribution in [2.45, 2.75) is 26.2 Å². The van der Waals surface area contributed by atoms with Crippen LogP contribution in [0.3, 0.4) is 0 Å². The molecule has 0 aromatic heterocycles. The van der Waals surface area contributed by atoms with E-state index in [1.165, 1.54) is 25.0 Å². The summed E-state index contributed by atoms with van der Waals surface area (Å²) in [4.78, 5) is 11.5. The molecule has 0 spiro atoms. The summed E-state index contributed by atoms with van der Waals surface area (Å²) < 4.78 is 12.9. The van der Waals surface area contributed by atoms with Crippen LogP contribution in [0.15, 0.2) is 18.2 Å². The fourth-order valence-corrected chi connectivity index (χ4v) is 2.01. The van der Waals surface area contributed by atoms with Crippen LogP contribution in [-0.2, 0) is 11.2 Å². The van der Waals surface area contributed by atoms with Crippen LogP contribution in [-0.4, -0.2) is 25.5 Å². The number of nitrogens with one attached hydrogen (secondary N) is 2. The van der Waals surface area contributed by atoms with Crippen molar-refractivity contribution in [1.82, 2.24) is 10.6 Å². The van der Waals surface area contributed by atoms with Gasteiger partial charge in [0.05, 0.1) is 6.54 Å². The number of halogens is 1. The van der Waals surface area contributed by atoms with Crippen molar-refractivity contribution < 1.29 is 9.18 Å². The van der Waals surface area contributed by atoms with E-state index in [0.29, 0.717) is 12.5 Å². The number of hydrogen-bond donors (Lipinski definition) is 2. The van der Waals surface area contributed by atoms with Crippen LogP contribution in [0, 0.1) is 18.7 Å². The van der Waals surface area contributed by atoms with Crippen LogP contribution in [0.5, 0.6) is 0 Å². The standard InChI is InChI=1S/C15H21FN2O/c1-11-8-14(16)5-4-13(11)6-7-17-10-15(19)18-9-12-2-3-12/h4-5,8,12,17H,2-3,6-7,9-10H2,1H3,(H,18,19). The van der Waals surface area contributed by atoms with Crippen molar-refractivity contribution in [1.29, 1.82) is 0 Å². The zero-order chi connectivity index (χ0) is 13.7. The zero-order valence-corrected chi connectivity index (χ0v) is 11.3. The van der Waals surface area contributed by atoms with Crippen molar-refractivity contribution in [2.24, 2.45) is 5.92 Å². The molecule has 0 saturated heterocycles. The number of rotatable bonds is 7. The molecule has 1 aromatic carbocycles. The minimum atomic E-state index is -0.200. The highest BCUT2D eigenvalue weighted by atomic mass is 19.1. The van der Waals surface area contributed by atoms with Gasteiger partial charge in [0.2, 0.25) is 5.91 Å². The van der Waals surface area contributed by atoms with Gasteiger partial charge in [-0.3, -0.25) is 4.79 Å². The SMILES string of the molecule is Cc1cc(F)ccc1CCNCC(=O)NCC1CC1. The maximum atomic E-state index is 12.9. The van der Waals surface area contributed by atoms with Gasteiger partial charge in [-0.1, -0.05) is 6.07 Å². The van der Waals surface area contributed by atoms with Gasteiger partial charge < -0.3 is 10.6 Å². The summed E-state index contributed by atoms with van der Waals surface area (Å²) in [5, 5.41) is 6.02. The molecular formula is C15H21FN2O. The number of aryl methyl sites for hydroxylation is 1. The smallest absolute Gasteiger partial charge is 0.233 e. The van der Waals surface area contributed by atoms with E-state index >= 15 is 0 Å². The lowest BCUT2D eigenvalue weighted by molar-refractivity contribution is -0.120. The molecule has 1 aromatic rings. The van der Waals surface area contributed by atoms with E-state index in [2.05, 4.69) is 10.6 Å². The Labute approximate surface area is 113 Å². The van der Waals surface area contributed by atoms with Crippen molar-refractivity contribution >= 4 is 5.91 Å². The number of amides is 1.